The number of hydrogen-bond donors (Lipinski definition) is 1. The van der Waals surface area contributed by atoms with Gasteiger partial charge in [0.05, 0.1) is 6.07 Å². The standard InChI is InChI=1S/C19H25BrN4O3/c1-19(2,3)27-18(26)24-9-5-4-6-15(24)17(25)23-14(11-21)10-13-7-8-16(20)22-12-13/h7-8,12,14-15H,4-6,9-10H2,1-3H3,(H,23,25). The monoisotopic (exact) mass is 436 g/mol. The number of piperidine rings is 1. The number of nitriles is 1. The summed E-state index contributed by atoms with van der Waals surface area (Å²) in [6.07, 6.45) is 3.76. The van der Waals surface area contributed by atoms with Gasteiger partial charge in [-0.15, -0.1) is 0 Å². The van der Waals surface area contributed by atoms with Gasteiger partial charge in [0, 0.05) is 19.2 Å². The van der Waals surface area contributed by atoms with E-state index in [4.69, 9.17) is 4.74 Å². The van der Waals surface area contributed by atoms with Crippen LogP contribution in [0.5, 0.6) is 0 Å². The van der Waals surface area contributed by atoms with Crippen molar-refractivity contribution in [1.29, 1.82) is 5.26 Å². The van der Waals surface area contributed by atoms with E-state index >= 15 is 0 Å². The Labute approximate surface area is 168 Å². The summed E-state index contributed by atoms with van der Waals surface area (Å²) in [5.74, 6) is -0.322. The molecule has 0 spiro atoms. The summed E-state index contributed by atoms with van der Waals surface area (Å²) >= 11 is 3.27. The van der Waals surface area contributed by atoms with E-state index in [1.807, 2.05) is 6.07 Å². The number of ether oxygens (including phenoxy) is 1. The first-order valence-corrected chi connectivity index (χ1v) is 9.79. The molecule has 0 aromatic carbocycles. The van der Waals surface area contributed by atoms with E-state index in [1.54, 1.807) is 33.0 Å². The highest BCUT2D eigenvalue weighted by Crippen LogP contribution is 2.21. The minimum Gasteiger partial charge on any atom is -0.444 e. The van der Waals surface area contributed by atoms with Crippen molar-refractivity contribution in [3.8, 4) is 6.07 Å². The molecule has 7 nitrogen and oxygen atoms in total. The predicted molar refractivity (Wildman–Crippen MR) is 104 cm³/mol. The number of nitrogens with zero attached hydrogens (tertiary/aromatic N) is 3. The average molecular weight is 437 g/mol. The molecule has 0 saturated carbocycles. The van der Waals surface area contributed by atoms with Crippen LogP contribution in [0, 0.1) is 11.3 Å². The number of rotatable bonds is 4. The lowest BCUT2D eigenvalue weighted by Crippen LogP contribution is -2.54. The summed E-state index contributed by atoms with van der Waals surface area (Å²) in [5, 5.41) is 12.2. The van der Waals surface area contributed by atoms with Crippen LogP contribution < -0.4 is 5.32 Å². The third-order valence-corrected chi connectivity index (χ3v) is 4.60. The van der Waals surface area contributed by atoms with Crippen molar-refractivity contribution in [1.82, 2.24) is 15.2 Å². The summed E-state index contributed by atoms with van der Waals surface area (Å²) in [6, 6.07) is 4.44. The van der Waals surface area contributed by atoms with Gasteiger partial charge in [-0.3, -0.25) is 9.69 Å². The van der Waals surface area contributed by atoms with Crippen LogP contribution in [-0.2, 0) is 16.0 Å². The van der Waals surface area contributed by atoms with Crippen LogP contribution in [-0.4, -0.2) is 46.1 Å². The number of carbonyl (C=O) groups excluding carboxylic acids is 2. The Kier molecular flexibility index (Phi) is 7.19. The fourth-order valence-corrected chi connectivity index (χ4v) is 3.14. The summed E-state index contributed by atoms with van der Waals surface area (Å²) in [7, 11) is 0. The molecule has 0 aliphatic carbocycles. The van der Waals surface area contributed by atoms with E-state index in [0.29, 0.717) is 24.0 Å². The smallest absolute Gasteiger partial charge is 0.410 e. The number of nitrogens with one attached hydrogen (secondary N) is 1. The van der Waals surface area contributed by atoms with Gasteiger partial charge in [0.2, 0.25) is 5.91 Å². The maximum atomic E-state index is 12.8. The van der Waals surface area contributed by atoms with Crippen molar-refractivity contribution in [2.24, 2.45) is 0 Å². The van der Waals surface area contributed by atoms with Gasteiger partial charge < -0.3 is 10.1 Å². The summed E-state index contributed by atoms with van der Waals surface area (Å²) < 4.78 is 6.13. The topological polar surface area (TPSA) is 95.3 Å². The van der Waals surface area contributed by atoms with E-state index < -0.39 is 23.8 Å². The Bertz CT molecular complexity index is 709. The quantitative estimate of drug-likeness (QED) is 0.730. The van der Waals surface area contributed by atoms with Crippen LogP contribution in [0.25, 0.3) is 0 Å². The molecule has 0 radical (unpaired) electrons. The zero-order valence-electron chi connectivity index (χ0n) is 15.9. The van der Waals surface area contributed by atoms with Crippen molar-refractivity contribution < 1.29 is 14.3 Å². The van der Waals surface area contributed by atoms with Gasteiger partial charge in [0.15, 0.2) is 0 Å². The molecule has 1 aliphatic heterocycles. The first-order chi connectivity index (χ1) is 12.7. The second-order valence-electron chi connectivity index (χ2n) is 7.57. The number of hydrogen-bond acceptors (Lipinski definition) is 5. The van der Waals surface area contributed by atoms with Gasteiger partial charge in [-0.05, 0) is 67.6 Å². The van der Waals surface area contributed by atoms with Crippen LogP contribution in [0.15, 0.2) is 22.9 Å². The van der Waals surface area contributed by atoms with Crippen LogP contribution in [0.1, 0.15) is 45.6 Å². The van der Waals surface area contributed by atoms with Crippen LogP contribution in [0.4, 0.5) is 4.79 Å². The van der Waals surface area contributed by atoms with Crippen LogP contribution in [0.3, 0.4) is 0 Å². The molecule has 1 aromatic heterocycles. The Morgan fingerprint density at radius 3 is 2.78 bits per heavy atom. The molecular weight excluding hydrogens is 412 g/mol. The zero-order valence-corrected chi connectivity index (χ0v) is 17.5. The molecule has 2 atom stereocenters. The molecule has 1 fully saturated rings. The largest absolute Gasteiger partial charge is 0.444 e. The number of pyridine rings is 1. The van der Waals surface area contributed by atoms with E-state index in [2.05, 4.69) is 32.3 Å². The van der Waals surface area contributed by atoms with Gasteiger partial charge in [0.25, 0.3) is 0 Å². The average Bonchev–Trinajstić information content (AvgIpc) is 2.61. The van der Waals surface area contributed by atoms with E-state index in [9.17, 15) is 14.9 Å². The highest BCUT2D eigenvalue weighted by atomic mass is 79.9. The zero-order chi connectivity index (χ0) is 20.0. The van der Waals surface area contributed by atoms with Gasteiger partial charge in [-0.1, -0.05) is 6.07 Å². The minimum atomic E-state index is -0.692. The molecule has 1 aliphatic rings. The third kappa shape index (κ3) is 6.51. The first-order valence-electron chi connectivity index (χ1n) is 8.99. The second-order valence-corrected chi connectivity index (χ2v) is 8.38. The Morgan fingerprint density at radius 2 is 2.19 bits per heavy atom. The predicted octanol–water partition coefficient (Wildman–Crippen LogP) is 3.18. The van der Waals surface area contributed by atoms with E-state index in [1.165, 1.54) is 4.90 Å². The molecule has 2 amide bonds. The molecule has 2 rings (SSSR count). The van der Waals surface area contributed by atoms with Gasteiger partial charge in [0.1, 0.15) is 22.3 Å². The number of halogens is 1. The summed E-state index contributed by atoms with van der Waals surface area (Å²) in [5.41, 5.74) is 0.219. The molecule has 27 heavy (non-hydrogen) atoms. The molecule has 146 valence electrons. The maximum absolute atomic E-state index is 12.8. The number of carbonyl (C=O) groups is 2. The van der Waals surface area contributed by atoms with Crippen molar-refractivity contribution >= 4 is 27.9 Å². The SMILES string of the molecule is CC(C)(C)OC(=O)N1CCCCC1C(=O)NC(C#N)Cc1ccc(Br)nc1. The van der Waals surface area contributed by atoms with Crippen LogP contribution in [0.2, 0.25) is 0 Å². The molecule has 1 N–H and O–H groups in total. The van der Waals surface area contributed by atoms with Gasteiger partial charge >= 0.3 is 6.09 Å². The van der Waals surface area contributed by atoms with E-state index in [-0.39, 0.29) is 5.91 Å². The molecule has 1 saturated heterocycles. The van der Waals surface area contributed by atoms with Crippen molar-refractivity contribution in [2.75, 3.05) is 6.54 Å². The third-order valence-electron chi connectivity index (χ3n) is 4.13. The fraction of sp³-hybridized carbons (Fsp3) is 0.579. The molecule has 0 bridgehead atoms. The number of amides is 2. The van der Waals surface area contributed by atoms with Gasteiger partial charge in [-0.25, -0.2) is 9.78 Å². The van der Waals surface area contributed by atoms with Gasteiger partial charge in [-0.2, -0.15) is 5.26 Å². The summed E-state index contributed by atoms with van der Waals surface area (Å²) in [4.78, 5) is 30.8. The lowest BCUT2D eigenvalue weighted by atomic mass is 10.0. The maximum Gasteiger partial charge on any atom is 0.410 e. The lowest BCUT2D eigenvalue weighted by molar-refractivity contribution is -0.128. The van der Waals surface area contributed by atoms with E-state index in [0.717, 1.165) is 18.4 Å². The first kappa shape index (κ1) is 21.2. The second kappa shape index (κ2) is 9.18. The van der Waals surface area contributed by atoms with Crippen molar-refractivity contribution in [2.45, 2.75) is 64.1 Å². The van der Waals surface area contributed by atoms with Crippen molar-refractivity contribution in [3.05, 3.63) is 28.5 Å². The Morgan fingerprint density at radius 1 is 1.44 bits per heavy atom. The number of aromatic nitrogens is 1. The highest BCUT2D eigenvalue weighted by Gasteiger charge is 2.35. The molecule has 2 heterocycles. The Balaban J connectivity index is 2.03. The van der Waals surface area contributed by atoms with Crippen LogP contribution >= 0.6 is 15.9 Å². The van der Waals surface area contributed by atoms with Crippen molar-refractivity contribution in [3.63, 3.8) is 0 Å². The lowest BCUT2D eigenvalue weighted by Gasteiger charge is -2.36. The highest BCUT2D eigenvalue weighted by molar-refractivity contribution is 9.10. The Hall–Kier alpha value is -2.14. The normalized spacial score (nSPS) is 18.3. The minimum absolute atomic E-state index is 0.322. The molecular formula is C19H25BrN4O3. The summed E-state index contributed by atoms with van der Waals surface area (Å²) in [6.45, 7) is 5.85. The fourth-order valence-electron chi connectivity index (χ4n) is 2.90. The molecule has 2 unspecified atom stereocenters. The number of likely N-dealkylation sites (tertiary alicyclic amines) is 1. The molecule has 8 heteroatoms. The molecule has 1 aromatic rings.